The predicted octanol–water partition coefficient (Wildman–Crippen LogP) is 1.45. The molecule has 1 aliphatic heterocycles. The molecule has 0 unspecified atom stereocenters. The minimum Gasteiger partial charge on any atom is -0.341 e. The van der Waals surface area contributed by atoms with E-state index >= 15 is 0 Å². The highest BCUT2D eigenvalue weighted by atomic mass is 16.2. The van der Waals surface area contributed by atoms with Gasteiger partial charge in [0.2, 0.25) is 5.91 Å². The normalized spacial score (nSPS) is 24.4. The molecule has 1 saturated heterocycles. The van der Waals surface area contributed by atoms with Crippen molar-refractivity contribution in [1.29, 1.82) is 0 Å². The molecule has 2 fully saturated rings. The molecule has 4 nitrogen and oxygen atoms in total. The third kappa shape index (κ3) is 3.69. The molecule has 1 amide bonds. The molecule has 1 aliphatic carbocycles. The first-order chi connectivity index (χ1) is 9.15. The highest BCUT2D eigenvalue weighted by molar-refractivity contribution is 5.82. The van der Waals surface area contributed by atoms with Gasteiger partial charge in [-0.2, -0.15) is 0 Å². The Morgan fingerprint density at radius 1 is 1.11 bits per heavy atom. The molecule has 0 radical (unpaired) electrons. The molecule has 1 saturated carbocycles. The molecule has 4 heteroatoms. The van der Waals surface area contributed by atoms with E-state index < -0.39 is 0 Å². The van der Waals surface area contributed by atoms with Gasteiger partial charge in [-0.05, 0) is 45.3 Å². The SMILES string of the molecule is CC1(C(=O)N2CCCN(CCCN)CC2)CCCC1. The Hall–Kier alpha value is -0.610. The third-order valence-corrected chi connectivity index (χ3v) is 4.78. The molecule has 0 spiro atoms. The van der Waals surface area contributed by atoms with Gasteiger partial charge in [0, 0.05) is 25.0 Å². The van der Waals surface area contributed by atoms with Crippen molar-refractivity contribution in [3.63, 3.8) is 0 Å². The Morgan fingerprint density at radius 3 is 2.53 bits per heavy atom. The fourth-order valence-electron chi connectivity index (χ4n) is 3.46. The second-order valence-electron chi connectivity index (χ2n) is 6.40. The third-order valence-electron chi connectivity index (χ3n) is 4.78. The van der Waals surface area contributed by atoms with Gasteiger partial charge in [-0.15, -0.1) is 0 Å². The van der Waals surface area contributed by atoms with E-state index in [4.69, 9.17) is 5.73 Å². The molecule has 2 N–H and O–H groups in total. The van der Waals surface area contributed by atoms with Gasteiger partial charge >= 0.3 is 0 Å². The van der Waals surface area contributed by atoms with Crippen molar-refractivity contribution in [3.05, 3.63) is 0 Å². The van der Waals surface area contributed by atoms with Crippen LogP contribution < -0.4 is 5.73 Å². The first-order valence-corrected chi connectivity index (χ1v) is 7.87. The average Bonchev–Trinajstić information content (AvgIpc) is 2.73. The first kappa shape index (κ1) is 14.8. The van der Waals surface area contributed by atoms with Crippen LogP contribution in [0.5, 0.6) is 0 Å². The van der Waals surface area contributed by atoms with E-state index in [0.717, 1.165) is 65.0 Å². The summed E-state index contributed by atoms with van der Waals surface area (Å²) in [4.78, 5) is 17.3. The lowest BCUT2D eigenvalue weighted by molar-refractivity contribution is -0.140. The molecule has 110 valence electrons. The number of nitrogens with zero attached hydrogens (tertiary/aromatic N) is 2. The fraction of sp³-hybridized carbons (Fsp3) is 0.933. The van der Waals surface area contributed by atoms with Gasteiger partial charge in [-0.25, -0.2) is 0 Å². The average molecular weight is 267 g/mol. The monoisotopic (exact) mass is 267 g/mol. The Morgan fingerprint density at radius 2 is 1.84 bits per heavy atom. The summed E-state index contributed by atoms with van der Waals surface area (Å²) in [5.74, 6) is 0.408. The number of amides is 1. The van der Waals surface area contributed by atoms with Crippen molar-refractivity contribution in [2.45, 2.75) is 45.4 Å². The maximum atomic E-state index is 12.7. The van der Waals surface area contributed by atoms with Crippen molar-refractivity contribution in [2.75, 3.05) is 39.3 Å². The Balaban J connectivity index is 1.86. The number of carbonyl (C=O) groups excluding carboxylic acids is 1. The molecule has 0 aromatic carbocycles. The summed E-state index contributed by atoms with van der Waals surface area (Å²) in [6.45, 7) is 7.97. The van der Waals surface area contributed by atoms with Crippen LogP contribution in [0.2, 0.25) is 0 Å². The van der Waals surface area contributed by atoms with Crippen molar-refractivity contribution >= 4 is 5.91 Å². The Bertz CT molecular complexity index is 300. The molecule has 2 rings (SSSR count). The molecule has 0 aromatic rings. The molecular formula is C15H29N3O. The highest BCUT2D eigenvalue weighted by Crippen LogP contribution is 2.39. The van der Waals surface area contributed by atoms with Crippen LogP contribution in [0.4, 0.5) is 0 Å². The van der Waals surface area contributed by atoms with Crippen LogP contribution in [0.3, 0.4) is 0 Å². The van der Waals surface area contributed by atoms with Crippen molar-refractivity contribution < 1.29 is 4.79 Å². The molecule has 2 aliphatic rings. The summed E-state index contributed by atoms with van der Waals surface area (Å²) >= 11 is 0. The Labute approximate surface area is 117 Å². The number of hydrogen-bond acceptors (Lipinski definition) is 3. The lowest BCUT2D eigenvalue weighted by Gasteiger charge is -2.31. The fourth-order valence-corrected chi connectivity index (χ4v) is 3.46. The maximum absolute atomic E-state index is 12.7. The van der Waals surface area contributed by atoms with Crippen LogP contribution in [-0.2, 0) is 4.79 Å². The summed E-state index contributed by atoms with van der Waals surface area (Å²) in [5.41, 5.74) is 5.51. The minimum atomic E-state index is -0.0631. The summed E-state index contributed by atoms with van der Waals surface area (Å²) in [6, 6.07) is 0. The van der Waals surface area contributed by atoms with E-state index in [0.29, 0.717) is 5.91 Å². The standard InChI is InChI=1S/C15H29N3O/c1-15(6-2-3-7-15)14(19)18-11-5-10-17(12-13-18)9-4-8-16/h2-13,16H2,1H3. The van der Waals surface area contributed by atoms with Crippen LogP contribution >= 0.6 is 0 Å². The second-order valence-corrected chi connectivity index (χ2v) is 6.40. The zero-order valence-corrected chi connectivity index (χ0v) is 12.4. The van der Waals surface area contributed by atoms with E-state index in [1.54, 1.807) is 0 Å². The predicted molar refractivity (Wildman–Crippen MR) is 77.9 cm³/mol. The molecule has 1 heterocycles. The van der Waals surface area contributed by atoms with Gasteiger partial charge < -0.3 is 15.5 Å². The Kier molecular flexibility index (Phi) is 5.22. The van der Waals surface area contributed by atoms with Gasteiger partial charge in [0.15, 0.2) is 0 Å². The lowest BCUT2D eigenvalue weighted by atomic mass is 9.87. The van der Waals surface area contributed by atoms with Crippen molar-refractivity contribution in [2.24, 2.45) is 11.1 Å². The molecular weight excluding hydrogens is 238 g/mol. The molecule has 0 aromatic heterocycles. The van der Waals surface area contributed by atoms with E-state index in [1.807, 2.05) is 0 Å². The van der Waals surface area contributed by atoms with E-state index in [2.05, 4.69) is 16.7 Å². The van der Waals surface area contributed by atoms with Crippen LogP contribution in [0.15, 0.2) is 0 Å². The summed E-state index contributed by atoms with van der Waals surface area (Å²) < 4.78 is 0. The first-order valence-electron chi connectivity index (χ1n) is 7.87. The van der Waals surface area contributed by atoms with Crippen LogP contribution in [0, 0.1) is 5.41 Å². The van der Waals surface area contributed by atoms with Crippen molar-refractivity contribution in [3.8, 4) is 0 Å². The lowest BCUT2D eigenvalue weighted by Crippen LogP contribution is -2.43. The van der Waals surface area contributed by atoms with Crippen LogP contribution in [-0.4, -0.2) is 55.0 Å². The highest BCUT2D eigenvalue weighted by Gasteiger charge is 2.39. The summed E-state index contributed by atoms with van der Waals surface area (Å²) in [5, 5.41) is 0. The molecule has 0 atom stereocenters. The van der Waals surface area contributed by atoms with Gasteiger partial charge in [0.1, 0.15) is 0 Å². The number of hydrogen-bond donors (Lipinski definition) is 1. The van der Waals surface area contributed by atoms with Crippen LogP contribution in [0.1, 0.15) is 45.4 Å². The summed E-state index contributed by atoms with van der Waals surface area (Å²) in [7, 11) is 0. The molecule has 19 heavy (non-hydrogen) atoms. The largest absolute Gasteiger partial charge is 0.341 e. The van der Waals surface area contributed by atoms with Gasteiger partial charge in [0.25, 0.3) is 0 Å². The number of nitrogens with two attached hydrogens (primary N) is 1. The van der Waals surface area contributed by atoms with E-state index in [1.165, 1.54) is 12.8 Å². The second kappa shape index (κ2) is 6.71. The van der Waals surface area contributed by atoms with E-state index in [-0.39, 0.29) is 5.41 Å². The van der Waals surface area contributed by atoms with Crippen LogP contribution in [0.25, 0.3) is 0 Å². The smallest absolute Gasteiger partial charge is 0.228 e. The zero-order chi connectivity index (χ0) is 13.7. The van der Waals surface area contributed by atoms with E-state index in [9.17, 15) is 4.79 Å². The van der Waals surface area contributed by atoms with Gasteiger partial charge in [-0.3, -0.25) is 4.79 Å². The number of rotatable bonds is 4. The quantitative estimate of drug-likeness (QED) is 0.839. The maximum Gasteiger partial charge on any atom is 0.228 e. The van der Waals surface area contributed by atoms with Gasteiger partial charge in [0.05, 0.1) is 0 Å². The molecule has 0 bridgehead atoms. The van der Waals surface area contributed by atoms with Gasteiger partial charge in [-0.1, -0.05) is 19.8 Å². The van der Waals surface area contributed by atoms with Crippen molar-refractivity contribution in [1.82, 2.24) is 9.80 Å². The topological polar surface area (TPSA) is 49.6 Å². The summed E-state index contributed by atoms with van der Waals surface area (Å²) in [6.07, 6.45) is 6.77. The minimum absolute atomic E-state index is 0.0631. The number of carbonyl (C=O) groups is 1. The zero-order valence-electron chi connectivity index (χ0n) is 12.4.